The normalized spacial score (nSPS) is 10.7. The van der Waals surface area contributed by atoms with Crippen LogP contribution in [0.25, 0.3) is 22.6 Å². The molecular formula is C13H8BrN3O. The molecule has 0 aliphatic rings. The van der Waals surface area contributed by atoms with Gasteiger partial charge in [-0.05, 0) is 40.2 Å². The molecule has 0 amide bonds. The average Bonchev–Trinajstić information content (AvgIpc) is 2.94. The molecule has 0 aliphatic carbocycles. The van der Waals surface area contributed by atoms with E-state index < -0.39 is 0 Å². The molecule has 4 nitrogen and oxygen atoms in total. The molecule has 5 heteroatoms. The van der Waals surface area contributed by atoms with Crippen molar-refractivity contribution in [2.24, 2.45) is 7.05 Å². The van der Waals surface area contributed by atoms with E-state index >= 15 is 0 Å². The van der Waals surface area contributed by atoms with Gasteiger partial charge in [-0.2, -0.15) is 5.26 Å². The summed E-state index contributed by atoms with van der Waals surface area (Å²) in [5.41, 5.74) is 2.18. The SMILES string of the molecule is Cn1c(-c2ccc(Br)o2)nc2c(C#N)cccc21. The summed E-state index contributed by atoms with van der Waals surface area (Å²) in [5, 5.41) is 9.08. The van der Waals surface area contributed by atoms with E-state index in [1.54, 1.807) is 6.07 Å². The Balaban J connectivity index is 2.33. The van der Waals surface area contributed by atoms with Crippen LogP contribution in [0, 0.1) is 11.3 Å². The molecule has 0 spiro atoms. The van der Waals surface area contributed by atoms with E-state index in [2.05, 4.69) is 27.0 Å². The van der Waals surface area contributed by atoms with Gasteiger partial charge in [-0.3, -0.25) is 0 Å². The molecule has 0 atom stereocenters. The molecule has 0 saturated heterocycles. The highest BCUT2D eigenvalue weighted by molar-refractivity contribution is 9.10. The number of aromatic nitrogens is 2. The van der Waals surface area contributed by atoms with E-state index in [1.165, 1.54) is 0 Å². The first-order valence-corrected chi connectivity index (χ1v) is 6.11. The monoisotopic (exact) mass is 301 g/mol. The van der Waals surface area contributed by atoms with Crippen molar-refractivity contribution in [1.29, 1.82) is 5.26 Å². The van der Waals surface area contributed by atoms with Crippen LogP contribution in [0.2, 0.25) is 0 Å². The highest BCUT2D eigenvalue weighted by Crippen LogP contribution is 2.28. The Morgan fingerprint density at radius 2 is 2.17 bits per heavy atom. The second-order valence-electron chi connectivity index (χ2n) is 3.88. The van der Waals surface area contributed by atoms with E-state index in [4.69, 9.17) is 9.68 Å². The number of fused-ring (bicyclic) bond motifs is 1. The van der Waals surface area contributed by atoms with Crippen molar-refractivity contribution in [3.63, 3.8) is 0 Å². The minimum Gasteiger partial charge on any atom is -0.446 e. The van der Waals surface area contributed by atoms with E-state index in [0.29, 0.717) is 27.3 Å². The summed E-state index contributed by atoms with van der Waals surface area (Å²) in [7, 11) is 1.91. The molecule has 3 rings (SSSR count). The Kier molecular flexibility index (Phi) is 2.46. The number of hydrogen-bond donors (Lipinski definition) is 0. The van der Waals surface area contributed by atoms with Crippen molar-refractivity contribution in [3.05, 3.63) is 40.6 Å². The molecule has 3 aromatic rings. The summed E-state index contributed by atoms with van der Waals surface area (Å²) in [5.74, 6) is 1.38. The molecule has 18 heavy (non-hydrogen) atoms. The van der Waals surface area contributed by atoms with Crippen molar-refractivity contribution in [2.75, 3.05) is 0 Å². The number of nitriles is 1. The first-order valence-electron chi connectivity index (χ1n) is 5.32. The number of furan rings is 1. The van der Waals surface area contributed by atoms with Gasteiger partial charge in [0.1, 0.15) is 11.6 Å². The van der Waals surface area contributed by atoms with Crippen molar-refractivity contribution in [1.82, 2.24) is 9.55 Å². The maximum atomic E-state index is 9.08. The number of benzene rings is 1. The minimum absolute atomic E-state index is 0.569. The maximum absolute atomic E-state index is 9.08. The van der Waals surface area contributed by atoms with Gasteiger partial charge in [-0.1, -0.05) is 6.07 Å². The zero-order valence-corrected chi connectivity index (χ0v) is 11.1. The van der Waals surface area contributed by atoms with Gasteiger partial charge >= 0.3 is 0 Å². The predicted octanol–water partition coefficient (Wildman–Crippen LogP) is 3.47. The highest BCUT2D eigenvalue weighted by Gasteiger charge is 2.14. The van der Waals surface area contributed by atoms with Gasteiger partial charge in [-0.15, -0.1) is 0 Å². The van der Waals surface area contributed by atoms with Crippen LogP contribution in [-0.2, 0) is 7.05 Å². The molecule has 0 unspecified atom stereocenters. The zero-order valence-electron chi connectivity index (χ0n) is 9.51. The minimum atomic E-state index is 0.569. The smallest absolute Gasteiger partial charge is 0.177 e. The Bertz CT molecular complexity index is 779. The first-order chi connectivity index (χ1) is 8.70. The summed E-state index contributed by atoms with van der Waals surface area (Å²) in [4.78, 5) is 4.49. The Morgan fingerprint density at radius 3 is 2.83 bits per heavy atom. The second-order valence-corrected chi connectivity index (χ2v) is 4.66. The van der Waals surface area contributed by atoms with Crippen LogP contribution in [0.1, 0.15) is 5.56 Å². The number of nitrogens with zero attached hydrogens (tertiary/aromatic N) is 3. The van der Waals surface area contributed by atoms with E-state index in [-0.39, 0.29) is 0 Å². The number of hydrogen-bond acceptors (Lipinski definition) is 3. The third-order valence-corrected chi connectivity index (χ3v) is 3.25. The lowest BCUT2D eigenvalue weighted by molar-refractivity contribution is 0.549. The van der Waals surface area contributed by atoms with E-state index in [9.17, 15) is 0 Å². The molecule has 2 heterocycles. The lowest BCUT2D eigenvalue weighted by atomic mass is 10.2. The third kappa shape index (κ3) is 1.54. The standard InChI is InChI=1S/C13H8BrN3O/c1-17-9-4-2-3-8(7-15)12(9)16-13(17)10-5-6-11(14)18-10/h2-6H,1H3. The number of imidazole rings is 1. The zero-order chi connectivity index (χ0) is 12.7. The Hall–Kier alpha value is -2.06. The molecule has 0 aliphatic heterocycles. The lowest BCUT2D eigenvalue weighted by Gasteiger charge is -1.98. The third-order valence-electron chi connectivity index (χ3n) is 2.83. The van der Waals surface area contributed by atoms with Crippen LogP contribution >= 0.6 is 15.9 Å². The van der Waals surface area contributed by atoms with Crippen LogP contribution in [0.15, 0.2) is 39.4 Å². The van der Waals surface area contributed by atoms with Crippen LogP contribution in [0.4, 0.5) is 0 Å². The van der Waals surface area contributed by atoms with Crippen LogP contribution in [-0.4, -0.2) is 9.55 Å². The van der Waals surface area contributed by atoms with Crippen molar-refractivity contribution < 1.29 is 4.42 Å². The van der Waals surface area contributed by atoms with Gasteiger partial charge in [0.15, 0.2) is 16.3 Å². The quantitative estimate of drug-likeness (QED) is 0.691. The number of aryl methyl sites for hydroxylation is 1. The summed E-state index contributed by atoms with van der Waals surface area (Å²) >= 11 is 3.27. The summed E-state index contributed by atoms with van der Waals surface area (Å²) in [6.07, 6.45) is 0. The Morgan fingerprint density at radius 1 is 1.33 bits per heavy atom. The molecule has 0 saturated carbocycles. The van der Waals surface area contributed by atoms with Gasteiger partial charge < -0.3 is 8.98 Å². The fourth-order valence-electron chi connectivity index (χ4n) is 1.96. The second kappa shape index (κ2) is 4.00. The lowest BCUT2D eigenvalue weighted by Crippen LogP contribution is -1.90. The fraction of sp³-hybridized carbons (Fsp3) is 0.0769. The average molecular weight is 302 g/mol. The number of para-hydroxylation sites is 1. The predicted molar refractivity (Wildman–Crippen MR) is 70.8 cm³/mol. The molecule has 88 valence electrons. The highest BCUT2D eigenvalue weighted by atomic mass is 79.9. The van der Waals surface area contributed by atoms with Gasteiger partial charge in [0.25, 0.3) is 0 Å². The molecule has 0 radical (unpaired) electrons. The van der Waals surface area contributed by atoms with Crippen LogP contribution < -0.4 is 0 Å². The van der Waals surface area contributed by atoms with Crippen molar-refractivity contribution in [3.8, 4) is 17.7 Å². The van der Waals surface area contributed by atoms with Crippen LogP contribution in [0.3, 0.4) is 0 Å². The van der Waals surface area contributed by atoms with Gasteiger partial charge in [0.05, 0.1) is 11.1 Å². The molecule has 0 fully saturated rings. The van der Waals surface area contributed by atoms with Gasteiger partial charge in [-0.25, -0.2) is 4.98 Å². The molecule has 0 bridgehead atoms. The molecular weight excluding hydrogens is 294 g/mol. The van der Waals surface area contributed by atoms with Crippen molar-refractivity contribution >= 4 is 27.0 Å². The molecule has 1 aromatic carbocycles. The summed E-state index contributed by atoms with van der Waals surface area (Å²) in [6.45, 7) is 0. The van der Waals surface area contributed by atoms with Crippen LogP contribution in [0.5, 0.6) is 0 Å². The largest absolute Gasteiger partial charge is 0.446 e. The van der Waals surface area contributed by atoms with Gasteiger partial charge in [0.2, 0.25) is 0 Å². The number of rotatable bonds is 1. The van der Waals surface area contributed by atoms with E-state index in [0.717, 1.165) is 5.52 Å². The maximum Gasteiger partial charge on any atom is 0.177 e. The first kappa shape index (κ1) is 11.1. The van der Waals surface area contributed by atoms with E-state index in [1.807, 2.05) is 35.9 Å². The Labute approximate surface area is 112 Å². The molecule has 0 N–H and O–H groups in total. The molecule has 2 aromatic heterocycles. The van der Waals surface area contributed by atoms with Gasteiger partial charge in [0, 0.05) is 7.05 Å². The van der Waals surface area contributed by atoms with Crippen molar-refractivity contribution in [2.45, 2.75) is 0 Å². The summed E-state index contributed by atoms with van der Waals surface area (Å²) < 4.78 is 8.08. The fourth-order valence-corrected chi connectivity index (χ4v) is 2.27. The number of halogens is 1. The topological polar surface area (TPSA) is 54.8 Å². The summed E-state index contributed by atoms with van der Waals surface area (Å²) in [6, 6.07) is 11.4.